The summed E-state index contributed by atoms with van der Waals surface area (Å²) in [4.78, 5) is 1.36. The average Bonchev–Trinajstić information content (AvgIpc) is 3.14. The smallest absolute Gasteiger partial charge is 0.0355 e. The molecule has 0 aliphatic carbocycles. The van der Waals surface area contributed by atoms with Crippen molar-refractivity contribution in [2.24, 2.45) is 0 Å². The molecule has 1 heterocycles. The van der Waals surface area contributed by atoms with Gasteiger partial charge in [0.15, 0.2) is 0 Å². The Morgan fingerprint density at radius 3 is 2.33 bits per heavy atom. The van der Waals surface area contributed by atoms with Crippen LogP contribution in [0.1, 0.15) is 51.0 Å². The van der Waals surface area contributed by atoms with E-state index in [1.54, 1.807) is 0 Å². The first-order valence-electron chi connectivity index (χ1n) is 10.3. The van der Waals surface area contributed by atoms with Gasteiger partial charge in [0.25, 0.3) is 0 Å². The quantitative estimate of drug-likeness (QED) is 0.271. The van der Waals surface area contributed by atoms with Gasteiger partial charge in [-0.1, -0.05) is 87.6 Å². The second kappa shape index (κ2) is 8.71. The van der Waals surface area contributed by atoms with Crippen molar-refractivity contribution in [2.75, 3.05) is 0 Å². The summed E-state index contributed by atoms with van der Waals surface area (Å²) in [5.74, 6) is 0. The molecule has 0 atom stereocenters. The lowest BCUT2D eigenvalue weighted by atomic mass is 10.00. The van der Waals surface area contributed by atoms with E-state index in [1.165, 1.54) is 81.8 Å². The number of hydrogen-bond acceptors (Lipinski definition) is 1. The molecule has 4 aromatic rings. The topological polar surface area (TPSA) is 0 Å². The molecule has 138 valence electrons. The summed E-state index contributed by atoms with van der Waals surface area (Å²) in [6, 6.07) is 24.9. The van der Waals surface area contributed by atoms with Crippen LogP contribution in [0.5, 0.6) is 0 Å². The Morgan fingerprint density at radius 1 is 0.667 bits per heavy atom. The van der Waals surface area contributed by atoms with Gasteiger partial charge in [-0.05, 0) is 58.3 Å². The number of unbranched alkanes of at least 4 members (excludes halogenated alkanes) is 5. The molecule has 0 aliphatic heterocycles. The highest BCUT2D eigenvalue weighted by atomic mass is 32.1. The number of aryl methyl sites for hydroxylation is 1. The highest BCUT2D eigenvalue weighted by Crippen LogP contribution is 2.34. The fourth-order valence-electron chi connectivity index (χ4n) is 3.84. The molecule has 0 nitrogen and oxygen atoms in total. The maximum atomic E-state index is 2.38. The minimum absolute atomic E-state index is 1.21. The lowest BCUT2D eigenvalue weighted by Gasteiger charge is -2.06. The van der Waals surface area contributed by atoms with Crippen LogP contribution in [0.15, 0.2) is 66.7 Å². The standard InChI is InChI=1S/C26H28S/c1-2-3-4-5-6-7-10-20-13-14-22-18-24(16-15-21(22)17-20)26-19-23-11-8-9-12-25(23)27-26/h8-9,11-19H,2-7,10H2,1H3. The van der Waals surface area contributed by atoms with E-state index in [1.807, 2.05) is 11.3 Å². The zero-order chi connectivity index (χ0) is 18.5. The third-order valence-corrected chi connectivity index (χ3v) is 6.60. The average molecular weight is 373 g/mol. The molecular weight excluding hydrogens is 344 g/mol. The zero-order valence-electron chi connectivity index (χ0n) is 16.2. The summed E-state index contributed by atoms with van der Waals surface area (Å²) in [5.41, 5.74) is 2.81. The molecule has 1 aromatic heterocycles. The molecule has 0 radical (unpaired) electrons. The van der Waals surface area contributed by atoms with E-state index >= 15 is 0 Å². The van der Waals surface area contributed by atoms with Gasteiger partial charge in [-0.2, -0.15) is 0 Å². The molecule has 3 aromatic carbocycles. The van der Waals surface area contributed by atoms with Crippen molar-refractivity contribution in [1.29, 1.82) is 0 Å². The normalized spacial score (nSPS) is 11.4. The number of hydrogen-bond donors (Lipinski definition) is 0. The highest BCUT2D eigenvalue weighted by molar-refractivity contribution is 7.22. The largest absolute Gasteiger partial charge is 0.135 e. The van der Waals surface area contributed by atoms with Crippen LogP contribution >= 0.6 is 11.3 Å². The monoisotopic (exact) mass is 372 g/mol. The number of benzene rings is 3. The van der Waals surface area contributed by atoms with E-state index in [2.05, 4.69) is 73.7 Å². The second-order valence-corrected chi connectivity index (χ2v) is 8.65. The van der Waals surface area contributed by atoms with E-state index in [-0.39, 0.29) is 0 Å². The van der Waals surface area contributed by atoms with Crippen LogP contribution in [0.4, 0.5) is 0 Å². The Balaban J connectivity index is 1.47. The van der Waals surface area contributed by atoms with Crippen LogP contribution in [-0.4, -0.2) is 0 Å². The van der Waals surface area contributed by atoms with Gasteiger partial charge in [0.05, 0.1) is 0 Å². The first-order chi connectivity index (χ1) is 13.3. The first-order valence-corrected chi connectivity index (χ1v) is 11.2. The maximum Gasteiger partial charge on any atom is 0.0355 e. The van der Waals surface area contributed by atoms with Crippen molar-refractivity contribution in [3.63, 3.8) is 0 Å². The van der Waals surface area contributed by atoms with Crippen LogP contribution < -0.4 is 0 Å². The van der Waals surface area contributed by atoms with Crippen molar-refractivity contribution >= 4 is 32.2 Å². The van der Waals surface area contributed by atoms with Gasteiger partial charge in [-0.25, -0.2) is 0 Å². The van der Waals surface area contributed by atoms with Gasteiger partial charge in [0, 0.05) is 9.58 Å². The molecule has 0 unspecified atom stereocenters. The Morgan fingerprint density at radius 2 is 1.44 bits per heavy atom. The summed E-state index contributed by atoms with van der Waals surface area (Å²) < 4.78 is 1.36. The predicted molar refractivity (Wildman–Crippen MR) is 122 cm³/mol. The van der Waals surface area contributed by atoms with Gasteiger partial charge < -0.3 is 0 Å². The number of rotatable bonds is 8. The summed E-state index contributed by atoms with van der Waals surface area (Å²) in [5, 5.41) is 4.05. The summed E-state index contributed by atoms with van der Waals surface area (Å²) in [7, 11) is 0. The Kier molecular flexibility index (Phi) is 5.89. The summed E-state index contributed by atoms with van der Waals surface area (Å²) >= 11 is 1.88. The van der Waals surface area contributed by atoms with Crippen LogP contribution in [-0.2, 0) is 6.42 Å². The minimum Gasteiger partial charge on any atom is -0.135 e. The van der Waals surface area contributed by atoms with Gasteiger partial charge in [0.1, 0.15) is 0 Å². The first kappa shape index (κ1) is 18.3. The Labute approximate surface area is 166 Å². The fourth-order valence-corrected chi connectivity index (χ4v) is 4.90. The van der Waals surface area contributed by atoms with Crippen molar-refractivity contribution in [3.8, 4) is 10.4 Å². The molecule has 0 N–H and O–H groups in total. The molecule has 0 aliphatic rings. The molecule has 0 saturated heterocycles. The van der Waals surface area contributed by atoms with Crippen molar-refractivity contribution in [1.82, 2.24) is 0 Å². The van der Waals surface area contributed by atoms with Crippen molar-refractivity contribution in [2.45, 2.75) is 51.9 Å². The minimum atomic E-state index is 1.21. The lowest BCUT2D eigenvalue weighted by molar-refractivity contribution is 0.607. The van der Waals surface area contributed by atoms with E-state index < -0.39 is 0 Å². The molecule has 27 heavy (non-hydrogen) atoms. The van der Waals surface area contributed by atoms with Gasteiger partial charge in [0.2, 0.25) is 0 Å². The molecule has 0 bridgehead atoms. The fraction of sp³-hybridized carbons (Fsp3) is 0.308. The number of fused-ring (bicyclic) bond motifs is 2. The molecule has 0 spiro atoms. The molecule has 1 heteroatoms. The van der Waals surface area contributed by atoms with Gasteiger partial charge in [-0.15, -0.1) is 11.3 Å². The summed E-state index contributed by atoms with van der Waals surface area (Å²) in [6.07, 6.45) is 9.39. The van der Waals surface area contributed by atoms with Gasteiger partial charge >= 0.3 is 0 Å². The maximum absolute atomic E-state index is 2.38. The van der Waals surface area contributed by atoms with Crippen LogP contribution in [0.3, 0.4) is 0 Å². The third-order valence-electron chi connectivity index (χ3n) is 5.43. The predicted octanol–water partition coefficient (Wildman–Crippen LogP) is 8.62. The van der Waals surface area contributed by atoms with Crippen molar-refractivity contribution in [3.05, 3.63) is 72.3 Å². The zero-order valence-corrected chi connectivity index (χ0v) is 17.0. The van der Waals surface area contributed by atoms with Crippen LogP contribution in [0.25, 0.3) is 31.3 Å². The van der Waals surface area contributed by atoms with Gasteiger partial charge in [-0.3, -0.25) is 0 Å². The highest BCUT2D eigenvalue weighted by Gasteiger charge is 2.05. The van der Waals surface area contributed by atoms with Crippen LogP contribution in [0, 0.1) is 0 Å². The molecule has 4 rings (SSSR count). The molecule has 0 amide bonds. The Hall–Kier alpha value is -2.12. The Bertz CT molecular complexity index is 992. The number of thiophene rings is 1. The molecule has 0 fully saturated rings. The lowest BCUT2D eigenvalue weighted by Crippen LogP contribution is -1.87. The van der Waals surface area contributed by atoms with E-state index in [0.29, 0.717) is 0 Å². The van der Waals surface area contributed by atoms with E-state index in [9.17, 15) is 0 Å². The molecular formula is C26H28S. The SMILES string of the molecule is CCCCCCCCc1ccc2cc(-c3cc4ccccc4s3)ccc2c1. The molecule has 0 saturated carbocycles. The van der Waals surface area contributed by atoms with Crippen LogP contribution in [0.2, 0.25) is 0 Å². The van der Waals surface area contributed by atoms with Crippen molar-refractivity contribution < 1.29 is 0 Å². The second-order valence-electron chi connectivity index (χ2n) is 7.56. The van der Waals surface area contributed by atoms with E-state index in [4.69, 9.17) is 0 Å². The van der Waals surface area contributed by atoms with E-state index in [0.717, 1.165) is 0 Å². The third kappa shape index (κ3) is 4.42. The summed E-state index contributed by atoms with van der Waals surface area (Å²) in [6.45, 7) is 2.28.